The van der Waals surface area contributed by atoms with E-state index in [1.54, 1.807) is 18.1 Å². The molecule has 1 saturated heterocycles. The number of amides is 1. The standard InChI is InChI=1S/C26H33BrN4O4S/c1-35-22-7-5-21(6-8-22)30-15-13-29(14-16-30)11-2-10-28-36(33,34)25-18-24-20(17-23(25)27)9-12-31(24)26(32)19-3-4-19/h5-8,17-19,28H,2-4,9-16H2,1H3. The van der Waals surface area contributed by atoms with Crippen molar-refractivity contribution in [3.8, 4) is 5.75 Å². The highest BCUT2D eigenvalue weighted by atomic mass is 79.9. The molecule has 0 atom stereocenters. The van der Waals surface area contributed by atoms with Gasteiger partial charge in [-0.2, -0.15) is 0 Å². The first kappa shape index (κ1) is 25.5. The second-order valence-corrected chi connectivity index (χ2v) is 12.3. The van der Waals surface area contributed by atoms with Gasteiger partial charge in [0, 0.05) is 61.0 Å². The highest BCUT2D eigenvalue weighted by Crippen LogP contribution is 2.39. The minimum atomic E-state index is -3.69. The number of hydrogen-bond acceptors (Lipinski definition) is 6. The lowest BCUT2D eigenvalue weighted by Gasteiger charge is -2.36. The molecule has 1 N–H and O–H groups in total. The fraction of sp³-hybridized carbons (Fsp3) is 0.500. The molecule has 2 aromatic rings. The summed E-state index contributed by atoms with van der Waals surface area (Å²) in [7, 11) is -2.02. The van der Waals surface area contributed by atoms with Crippen LogP contribution in [-0.4, -0.2) is 72.1 Å². The highest BCUT2D eigenvalue weighted by Gasteiger charge is 2.37. The number of hydrogen-bond donors (Lipinski definition) is 1. The smallest absolute Gasteiger partial charge is 0.241 e. The van der Waals surface area contributed by atoms with Crippen LogP contribution in [0, 0.1) is 5.92 Å². The molecule has 0 radical (unpaired) electrons. The van der Waals surface area contributed by atoms with Crippen LogP contribution >= 0.6 is 15.9 Å². The van der Waals surface area contributed by atoms with Crippen LogP contribution in [0.5, 0.6) is 5.75 Å². The number of carbonyl (C=O) groups is 1. The Bertz CT molecular complexity index is 1210. The Kier molecular flexibility index (Phi) is 7.57. The third kappa shape index (κ3) is 5.56. The monoisotopic (exact) mass is 576 g/mol. The zero-order valence-corrected chi connectivity index (χ0v) is 23.0. The van der Waals surface area contributed by atoms with Crippen LogP contribution in [0.3, 0.4) is 0 Å². The zero-order valence-electron chi connectivity index (χ0n) is 20.6. The van der Waals surface area contributed by atoms with E-state index >= 15 is 0 Å². The molecule has 194 valence electrons. The molecule has 2 aromatic carbocycles. The summed E-state index contributed by atoms with van der Waals surface area (Å²) >= 11 is 3.45. The summed E-state index contributed by atoms with van der Waals surface area (Å²) in [5, 5.41) is 0. The predicted octanol–water partition coefficient (Wildman–Crippen LogP) is 3.25. The average molecular weight is 578 g/mol. The van der Waals surface area contributed by atoms with Gasteiger partial charge in [-0.3, -0.25) is 9.69 Å². The second-order valence-electron chi connectivity index (χ2n) is 9.70. The highest BCUT2D eigenvalue weighted by molar-refractivity contribution is 9.10. The van der Waals surface area contributed by atoms with Crippen molar-refractivity contribution in [3.63, 3.8) is 0 Å². The molecule has 8 nitrogen and oxygen atoms in total. The molecular weight excluding hydrogens is 544 g/mol. The number of benzene rings is 2. The number of carbonyl (C=O) groups excluding carboxylic acids is 1. The van der Waals surface area contributed by atoms with Crippen LogP contribution < -0.4 is 19.3 Å². The molecule has 36 heavy (non-hydrogen) atoms. The Morgan fingerprint density at radius 1 is 1.08 bits per heavy atom. The van der Waals surface area contributed by atoms with Crippen LogP contribution in [0.2, 0.25) is 0 Å². The molecule has 10 heteroatoms. The number of ether oxygens (including phenoxy) is 1. The molecule has 2 heterocycles. The van der Waals surface area contributed by atoms with Gasteiger partial charge < -0.3 is 14.5 Å². The maximum absolute atomic E-state index is 13.1. The van der Waals surface area contributed by atoms with Gasteiger partial charge >= 0.3 is 0 Å². The maximum atomic E-state index is 13.1. The van der Waals surface area contributed by atoms with Crippen molar-refractivity contribution < 1.29 is 17.9 Å². The molecule has 1 aliphatic carbocycles. The van der Waals surface area contributed by atoms with E-state index in [9.17, 15) is 13.2 Å². The number of sulfonamides is 1. The van der Waals surface area contributed by atoms with Crippen LogP contribution in [0.4, 0.5) is 11.4 Å². The van der Waals surface area contributed by atoms with E-state index < -0.39 is 10.0 Å². The number of anilines is 2. The average Bonchev–Trinajstić information content (AvgIpc) is 3.66. The Balaban J connectivity index is 1.12. The number of fused-ring (bicyclic) bond motifs is 1. The maximum Gasteiger partial charge on any atom is 0.241 e. The van der Waals surface area contributed by atoms with Gasteiger partial charge in [0.05, 0.1) is 12.0 Å². The van der Waals surface area contributed by atoms with Gasteiger partial charge in [0.1, 0.15) is 5.75 Å². The van der Waals surface area contributed by atoms with Gasteiger partial charge in [0.2, 0.25) is 15.9 Å². The SMILES string of the molecule is COc1ccc(N2CCN(CCCNS(=O)(=O)c3cc4c(cc3Br)CCN4C(=O)C3CC3)CC2)cc1. The lowest BCUT2D eigenvalue weighted by atomic mass is 10.2. The minimum absolute atomic E-state index is 0.107. The van der Waals surface area contributed by atoms with E-state index in [2.05, 4.69) is 42.6 Å². The first-order valence-corrected chi connectivity index (χ1v) is 14.9. The summed E-state index contributed by atoms with van der Waals surface area (Å²) < 4.78 is 34.7. The van der Waals surface area contributed by atoms with Crippen molar-refractivity contribution in [3.05, 3.63) is 46.4 Å². The van der Waals surface area contributed by atoms with Gasteiger partial charge in [0.25, 0.3) is 0 Å². The zero-order chi connectivity index (χ0) is 25.3. The molecule has 2 aliphatic heterocycles. The first-order chi connectivity index (χ1) is 17.4. The van der Waals surface area contributed by atoms with E-state index in [1.165, 1.54) is 5.69 Å². The molecule has 5 rings (SSSR count). The van der Waals surface area contributed by atoms with Crippen molar-refractivity contribution in [2.75, 3.05) is 62.7 Å². The fourth-order valence-corrected chi connectivity index (χ4v) is 7.16. The van der Waals surface area contributed by atoms with Gasteiger partial charge in [0.15, 0.2) is 0 Å². The summed E-state index contributed by atoms with van der Waals surface area (Å²) in [6.45, 7) is 5.61. The van der Waals surface area contributed by atoms with Crippen LogP contribution in [0.1, 0.15) is 24.8 Å². The van der Waals surface area contributed by atoms with Gasteiger partial charge in [-0.1, -0.05) is 0 Å². The number of methoxy groups -OCH3 is 1. The molecule has 2 fully saturated rings. The van der Waals surface area contributed by atoms with E-state index in [0.717, 1.165) is 75.4 Å². The molecule has 0 aromatic heterocycles. The summed E-state index contributed by atoms with van der Waals surface area (Å²) in [5.74, 6) is 1.09. The number of halogens is 1. The summed E-state index contributed by atoms with van der Waals surface area (Å²) in [4.78, 5) is 19.3. The van der Waals surface area contributed by atoms with Crippen LogP contribution in [-0.2, 0) is 21.2 Å². The molecule has 1 saturated carbocycles. The van der Waals surface area contributed by atoms with Crippen molar-refractivity contribution >= 4 is 43.2 Å². The fourth-order valence-electron chi connectivity index (χ4n) is 4.98. The van der Waals surface area contributed by atoms with E-state index in [0.29, 0.717) is 17.6 Å². The Morgan fingerprint density at radius 2 is 1.81 bits per heavy atom. The molecule has 3 aliphatic rings. The Morgan fingerprint density at radius 3 is 2.47 bits per heavy atom. The van der Waals surface area contributed by atoms with Crippen LogP contribution in [0.15, 0.2) is 45.8 Å². The topological polar surface area (TPSA) is 82.2 Å². The number of rotatable bonds is 9. The Hall–Kier alpha value is -2.14. The van der Waals surface area contributed by atoms with E-state index in [1.807, 2.05) is 18.2 Å². The van der Waals surface area contributed by atoms with Gasteiger partial charge in [-0.25, -0.2) is 13.1 Å². The first-order valence-electron chi connectivity index (χ1n) is 12.6. The van der Waals surface area contributed by atoms with Crippen molar-refractivity contribution in [1.82, 2.24) is 9.62 Å². The quantitative estimate of drug-likeness (QED) is 0.461. The normalized spacial score (nSPS) is 18.4. The largest absolute Gasteiger partial charge is 0.497 e. The minimum Gasteiger partial charge on any atom is -0.497 e. The Labute approximate surface area is 221 Å². The number of nitrogens with one attached hydrogen (secondary N) is 1. The van der Waals surface area contributed by atoms with Crippen molar-refractivity contribution in [2.24, 2.45) is 5.92 Å². The lowest BCUT2D eigenvalue weighted by molar-refractivity contribution is -0.119. The third-order valence-electron chi connectivity index (χ3n) is 7.26. The van der Waals surface area contributed by atoms with E-state index in [-0.39, 0.29) is 16.7 Å². The summed E-state index contributed by atoms with van der Waals surface area (Å²) in [6.07, 6.45) is 3.36. The summed E-state index contributed by atoms with van der Waals surface area (Å²) in [6, 6.07) is 11.6. The lowest BCUT2D eigenvalue weighted by Crippen LogP contribution is -2.47. The molecule has 0 spiro atoms. The van der Waals surface area contributed by atoms with Crippen molar-refractivity contribution in [1.29, 1.82) is 0 Å². The number of nitrogens with zero attached hydrogens (tertiary/aromatic N) is 3. The van der Waals surface area contributed by atoms with Gasteiger partial charge in [-0.05, 0) is 90.1 Å². The predicted molar refractivity (Wildman–Crippen MR) is 144 cm³/mol. The van der Waals surface area contributed by atoms with E-state index in [4.69, 9.17) is 4.74 Å². The molecule has 1 amide bonds. The van der Waals surface area contributed by atoms with Gasteiger partial charge in [-0.15, -0.1) is 0 Å². The molecular formula is C26H33BrN4O4S. The van der Waals surface area contributed by atoms with Crippen molar-refractivity contribution in [2.45, 2.75) is 30.6 Å². The molecule has 0 unspecified atom stereocenters. The second kappa shape index (κ2) is 10.7. The third-order valence-corrected chi connectivity index (χ3v) is 9.68. The number of piperazine rings is 1. The van der Waals surface area contributed by atoms with Crippen LogP contribution in [0.25, 0.3) is 0 Å². The molecule has 0 bridgehead atoms. The summed E-state index contributed by atoms with van der Waals surface area (Å²) in [5.41, 5.74) is 2.95.